The number of rotatable bonds is 3. The smallest absolute Gasteiger partial charge is 0.410 e. The highest BCUT2D eigenvalue weighted by atomic mass is 19.1. The first-order valence-electron chi connectivity index (χ1n) is 8.59. The van der Waals surface area contributed by atoms with E-state index in [0.717, 1.165) is 25.7 Å². The lowest BCUT2D eigenvalue weighted by atomic mass is 9.88. The third-order valence-corrected chi connectivity index (χ3v) is 4.74. The van der Waals surface area contributed by atoms with Gasteiger partial charge >= 0.3 is 6.09 Å². The number of anilines is 1. The topological polar surface area (TPSA) is 67.3 Å². The Balaban J connectivity index is 1.68. The van der Waals surface area contributed by atoms with Gasteiger partial charge in [-0.2, -0.15) is 18.7 Å². The van der Waals surface area contributed by atoms with Crippen LogP contribution in [0, 0.1) is 17.3 Å². The Morgan fingerprint density at radius 2 is 1.96 bits per heavy atom. The second-order valence-electron chi connectivity index (χ2n) is 8.00. The fraction of sp³-hybridized carbons (Fsp3) is 0.706. The molecule has 1 aromatic heterocycles. The molecular weight excluding hydrogens is 330 g/mol. The van der Waals surface area contributed by atoms with E-state index in [4.69, 9.17) is 4.74 Å². The Morgan fingerprint density at radius 3 is 2.52 bits per heavy atom. The van der Waals surface area contributed by atoms with Gasteiger partial charge in [0, 0.05) is 19.2 Å². The van der Waals surface area contributed by atoms with E-state index in [9.17, 15) is 13.6 Å². The van der Waals surface area contributed by atoms with Crippen molar-refractivity contribution in [2.75, 3.05) is 18.4 Å². The molecule has 1 spiro atoms. The van der Waals surface area contributed by atoms with Gasteiger partial charge in [-0.1, -0.05) is 0 Å². The molecule has 1 aliphatic heterocycles. The standard InChI is InChI=1S/C17H24F2N4O2/c1-16(2,3)25-15(24)23-7-6-17(4-5-17)9-11(23)10-20-14-21-12(18)8-13(19)22-14/h8,11H,4-7,9-10H2,1-3H3,(H,20,21,22)/t11-/m0/s1. The van der Waals surface area contributed by atoms with Crippen molar-refractivity contribution < 1.29 is 18.3 Å². The zero-order valence-corrected chi connectivity index (χ0v) is 14.8. The van der Waals surface area contributed by atoms with Gasteiger partial charge in [0.05, 0.1) is 6.04 Å². The van der Waals surface area contributed by atoms with Crippen molar-refractivity contribution in [3.8, 4) is 0 Å². The second-order valence-corrected chi connectivity index (χ2v) is 8.00. The van der Waals surface area contributed by atoms with Crippen LogP contribution in [-0.4, -0.2) is 45.7 Å². The van der Waals surface area contributed by atoms with E-state index in [0.29, 0.717) is 24.6 Å². The summed E-state index contributed by atoms with van der Waals surface area (Å²) in [6.45, 7) is 6.43. The van der Waals surface area contributed by atoms with Crippen LogP contribution < -0.4 is 5.32 Å². The highest BCUT2D eigenvalue weighted by molar-refractivity contribution is 5.69. The van der Waals surface area contributed by atoms with Crippen molar-refractivity contribution in [2.24, 2.45) is 5.41 Å². The molecule has 2 fully saturated rings. The van der Waals surface area contributed by atoms with Gasteiger partial charge in [0.2, 0.25) is 17.8 Å². The summed E-state index contributed by atoms with van der Waals surface area (Å²) in [7, 11) is 0. The fourth-order valence-corrected chi connectivity index (χ4v) is 3.30. The summed E-state index contributed by atoms with van der Waals surface area (Å²) >= 11 is 0. The summed E-state index contributed by atoms with van der Waals surface area (Å²) in [5.74, 6) is -1.97. The molecule has 0 bridgehead atoms. The molecule has 0 unspecified atom stereocenters. The molecule has 0 radical (unpaired) electrons. The predicted molar refractivity (Wildman–Crippen MR) is 88.1 cm³/mol. The van der Waals surface area contributed by atoms with Crippen LogP contribution in [0.2, 0.25) is 0 Å². The molecule has 0 aromatic carbocycles. The van der Waals surface area contributed by atoms with Gasteiger partial charge in [-0.05, 0) is 51.9 Å². The number of aromatic nitrogens is 2. The first kappa shape index (κ1) is 17.8. The van der Waals surface area contributed by atoms with Gasteiger partial charge < -0.3 is 15.0 Å². The highest BCUT2D eigenvalue weighted by Gasteiger charge is 2.49. The minimum Gasteiger partial charge on any atom is -0.444 e. The lowest BCUT2D eigenvalue weighted by Crippen LogP contribution is -2.51. The summed E-state index contributed by atoms with van der Waals surface area (Å²) in [5.41, 5.74) is -0.266. The van der Waals surface area contributed by atoms with Crippen LogP contribution in [0.15, 0.2) is 6.07 Å². The number of hydrogen-bond acceptors (Lipinski definition) is 5. The van der Waals surface area contributed by atoms with Crippen LogP contribution in [0.1, 0.15) is 46.5 Å². The lowest BCUT2D eigenvalue weighted by Gasteiger charge is -2.40. The fourth-order valence-electron chi connectivity index (χ4n) is 3.30. The molecule has 1 aliphatic carbocycles. The lowest BCUT2D eigenvalue weighted by molar-refractivity contribution is 0.00460. The number of piperidine rings is 1. The minimum absolute atomic E-state index is 0.114. The summed E-state index contributed by atoms with van der Waals surface area (Å²) in [6, 6.07) is 0.499. The number of nitrogens with zero attached hydrogens (tertiary/aromatic N) is 3. The number of hydrogen-bond donors (Lipinski definition) is 1. The predicted octanol–water partition coefficient (Wildman–Crippen LogP) is 3.35. The number of likely N-dealkylation sites (tertiary alicyclic amines) is 1. The molecule has 25 heavy (non-hydrogen) atoms. The van der Waals surface area contributed by atoms with Crippen LogP contribution in [-0.2, 0) is 4.74 Å². The van der Waals surface area contributed by atoms with Crippen molar-refractivity contribution in [1.29, 1.82) is 0 Å². The maximum atomic E-state index is 13.2. The van der Waals surface area contributed by atoms with Crippen molar-refractivity contribution >= 4 is 12.0 Å². The van der Waals surface area contributed by atoms with Gasteiger partial charge in [0.1, 0.15) is 5.60 Å². The largest absolute Gasteiger partial charge is 0.444 e. The van der Waals surface area contributed by atoms with E-state index in [1.807, 2.05) is 20.8 Å². The van der Waals surface area contributed by atoms with E-state index in [-0.39, 0.29) is 18.1 Å². The average molecular weight is 354 g/mol. The highest BCUT2D eigenvalue weighted by Crippen LogP contribution is 2.55. The number of nitrogens with one attached hydrogen (secondary N) is 1. The van der Waals surface area contributed by atoms with Gasteiger partial charge in [-0.15, -0.1) is 0 Å². The summed E-state index contributed by atoms with van der Waals surface area (Å²) in [5, 5.41) is 2.86. The third-order valence-electron chi connectivity index (χ3n) is 4.74. The number of ether oxygens (including phenoxy) is 1. The summed E-state index contributed by atoms with van der Waals surface area (Å²) in [6.07, 6.45) is 3.78. The maximum absolute atomic E-state index is 13.2. The summed E-state index contributed by atoms with van der Waals surface area (Å²) in [4.78, 5) is 21.3. The Bertz CT molecular complexity index is 638. The number of carbonyl (C=O) groups is 1. The average Bonchev–Trinajstić information content (AvgIpc) is 3.21. The molecular formula is C17H24F2N4O2. The Kier molecular flexibility index (Phi) is 4.55. The first-order valence-corrected chi connectivity index (χ1v) is 8.59. The van der Waals surface area contributed by atoms with Gasteiger partial charge in [-0.25, -0.2) is 4.79 Å². The molecule has 3 rings (SSSR count). The molecule has 1 saturated heterocycles. The van der Waals surface area contributed by atoms with Crippen LogP contribution in [0.5, 0.6) is 0 Å². The Labute approximate surface area is 146 Å². The van der Waals surface area contributed by atoms with E-state index in [1.165, 1.54) is 0 Å². The third kappa shape index (κ3) is 4.55. The molecule has 8 heteroatoms. The van der Waals surface area contributed by atoms with Gasteiger partial charge in [0.25, 0.3) is 0 Å². The normalized spacial score (nSPS) is 22.0. The van der Waals surface area contributed by atoms with E-state index < -0.39 is 17.5 Å². The molecule has 1 N–H and O–H groups in total. The Morgan fingerprint density at radius 1 is 1.32 bits per heavy atom. The van der Waals surface area contributed by atoms with Crippen molar-refractivity contribution in [1.82, 2.24) is 14.9 Å². The van der Waals surface area contributed by atoms with E-state index >= 15 is 0 Å². The SMILES string of the molecule is CC(C)(C)OC(=O)N1CCC2(CC2)C[C@H]1CNc1nc(F)cc(F)n1. The van der Waals surface area contributed by atoms with Gasteiger partial charge in [0.15, 0.2) is 0 Å². The van der Waals surface area contributed by atoms with Crippen molar-refractivity contribution in [2.45, 2.75) is 58.1 Å². The minimum atomic E-state index is -0.929. The van der Waals surface area contributed by atoms with Crippen molar-refractivity contribution in [3.63, 3.8) is 0 Å². The van der Waals surface area contributed by atoms with Crippen LogP contribution in [0.4, 0.5) is 19.5 Å². The van der Waals surface area contributed by atoms with E-state index in [1.54, 1.807) is 4.90 Å². The molecule has 1 saturated carbocycles. The molecule has 1 aromatic rings. The molecule has 6 nitrogen and oxygen atoms in total. The number of halogens is 2. The monoisotopic (exact) mass is 354 g/mol. The van der Waals surface area contributed by atoms with E-state index in [2.05, 4.69) is 15.3 Å². The molecule has 2 heterocycles. The van der Waals surface area contributed by atoms with Crippen LogP contribution in [0.25, 0.3) is 0 Å². The number of amides is 1. The second kappa shape index (κ2) is 6.38. The van der Waals surface area contributed by atoms with Crippen molar-refractivity contribution in [3.05, 3.63) is 18.0 Å². The molecule has 1 atom stereocenters. The zero-order chi connectivity index (χ0) is 18.2. The molecule has 1 amide bonds. The molecule has 138 valence electrons. The zero-order valence-electron chi connectivity index (χ0n) is 14.8. The summed E-state index contributed by atoms with van der Waals surface area (Å²) < 4.78 is 31.9. The van der Waals surface area contributed by atoms with Crippen LogP contribution in [0.3, 0.4) is 0 Å². The maximum Gasteiger partial charge on any atom is 0.410 e. The quantitative estimate of drug-likeness (QED) is 0.843. The van der Waals surface area contributed by atoms with Gasteiger partial charge in [-0.3, -0.25) is 0 Å². The molecule has 2 aliphatic rings. The Hall–Kier alpha value is -1.99. The number of carbonyl (C=O) groups excluding carboxylic acids is 1. The van der Waals surface area contributed by atoms with Crippen LogP contribution >= 0.6 is 0 Å². The first-order chi connectivity index (χ1) is 11.7.